The van der Waals surface area contributed by atoms with E-state index in [1.54, 1.807) is 7.05 Å². The number of hydrogen-bond donors (Lipinski definition) is 0. The van der Waals surface area contributed by atoms with Gasteiger partial charge in [-0.15, -0.1) is 6.58 Å². The van der Waals surface area contributed by atoms with Crippen molar-refractivity contribution in [2.24, 2.45) is 5.92 Å². The maximum absolute atomic E-state index is 12.5. The van der Waals surface area contributed by atoms with E-state index >= 15 is 0 Å². The molecule has 0 radical (unpaired) electrons. The van der Waals surface area contributed by atoms with E-state index in [1.165, 1.54) is 11.8 Å². The average Bonchev–Trinajstić information content (AvgIpc) is 2.85. The topological polar surface area (TPSA) is 55.8 Å². The first-order chi connectivity index (χ1) is 10.3. The van der Waals surface area contributed by atoms with Crippen LogP contribution >= 0.6 is 0 Å². The molecule has 2 aliphatic carbocycles. The van der Waals surface area contributed by atoms with Crippen molar-refractivity contribution < 1.29 is 19.1 Å². The van der Waals surface area contributed by atoms with Crippen molar-refractivity contribution in [3.63, 3.8) is 0 Å². The minimum Gasteiger partial charge on any atom is -0.443 e. The van der Waals surface area contributed by atoms with Crippen LogP contribution in [0.25, 0.3) is 0 Å². The van der Waals surface area contributed by atoms with Gasteiger partial charge in [0.2, 0.25) is 0 Å². The first-order valence-electron chi connectivity index (χ1n) is 8.10. The van der Waals surface area contributed by atoms with Crippen LogP contribution in [0.15, 0.2) is 12.7 Å². The predicted molar refractivity (Wildman–Crippen MR) is 83.2 cm³/mol. The Balaban J connectivity index is 1.96. The molecule has 0 aromatic heterocycles. The molecule has 0 aliphatic heterocycles. The lowest BCUT2D eigenvalue weighted by Gasteiger charge is -2.37. The summed E-state index contributed by atoms with van der Waals surface area (Å²) in [6.45, 7) is 7.08. The van der Waals surface area contributed by atoms with Crippen LogP contribution in [0.4, 0.5) is 4.79 Å². The standard InChI is InChI=1S/C17H27NO4/c1-5-6-9-14-12-16(14,3)22-15(20)18(4)17(21-13(2)19)10-7-8-11-17/h5,14H,1,6-12H2,2-4H3/t14-,16-/m0/s1. The molecule has 1 amide bonds. The molecule has 0 bridgehead atoms. The van der Waals surface area contributed by atoms with Crippen LogP contribution < -0.4 is 0 Å². The first kappa shape index (κ1) is 16.8. The fourth-order valence-electron chi connectivity index (χ4n) is 3.42. The number of esters is 1. The minimum atomic E-state index is -0.829. The van der Waals surface area contributed by atoms with Crippen LogP contribution in [0.5, 0.6) is 0 Å². The summed E-state index contributed by atoms with van der Waals surface area (Å²) >= 11 is 0. The van der Waals surface area contributed by atoms with Gasteiger partial charge in [0, 0.05) is 32.7 Å². The number of amides is 1. The molecule has 22 heavy (non-hydrogen) atoms. The van der Waals surface area contributed by atoms with Gasteiger partial charge < -0.3 is 9.47 Å². The molecule has 5 heteroatoms. The van der Waals surface area contributed by atoms with Gasteiger partial charge in [0.1, 0.15) is 5.60 Å². The Labute approximate surface area is 132 Å². The second-order valence-electron chi connectivity index (χ2n) is 6.75. The summed E-state index contributed by atoms with van der Waals surface area (Å²) in [5.41, 5.74) is -1.21. The summed E-state index contributed by atoms with van der Waals surface area (Å²) in [4.78, 5) is 25.4. The van der Waals surface area contributed by atoms with Crippen LogP contribution in [0, 0.1) is 5.92 Å². The first-order valence-corrected chi connectivity index (χ1v) is 8.10. The lowest BCUT2D eigenvalue weighted by Crippen LogP contribution is -2.51. The summed E-state index contributed by atoms with van der Waals surface area (Å²) in [6, 6.07) is 0. The number of carbonyl (C=O) groups is 2. The van der Waals surface area contributed by atoms with Gasteiger partial charge in [-0.3, -0.25) is 9.69 Å². The van der Waals surface area contributed by atoms with Gasteiger partial charge in [0.25, 0.3) is 0 Å². The van der Waals surface area contributed by atoms with Gasteiger partial charge in [0.15, 0.2) is 5.72 Å². The third-order valence-corrected chi connectivity index (χ3v) is 5.00. The number of ether oxygens (including phenoxy) is 2. The van der Waals surface area contributed by atoms with Crippen LogP contribution in [0.1, 0.15) is 58.8 Å². The Morgan fingerprint density at radius 1 is 1.32 bits per heavy atom. The highest BCUT2D eigenvalue weighted by atomic mass is 16.6. The largest absolute Gasteiger partial charge is 0.443 e. The van der Waals surface area contributed by atoms with Crippen molar-refractivity contribution in [1.82, 2.24) is 4.90 Å². The smallest absolute Gasteiger partial charge is 0.413 e. The highest BCUT2D eigenvalue weighted by Crippen LogP contribution is 2.50. The van der Waals surface area contributed by atoms with E-state index in [0.717, 1.165) is 32.1 Å². The maximum atomic E-state index is 12.5. The Bertz CT molecular complexity index is 456. The lowest BCUT2D eigenvalue weighted by molar-refractivity contribution is -0.175. The molecule has 2 saturated carbocycles. The summed E-state index contributed by atoms with van der Waals surface area (Å²) < 4.78 is 11.2. The zero-order chi connectivity index (χ0) is 16.4. The van der Waals surface area contributed by atoms with Crippen molar-refractivity contribution in [1.29, 1.82) is 0 Å². The highest BCUT2D eigenvalue weighted by molar-refractivity contribution is 5.71. The average molecular weight is 309 g/mol. The molecule has 2 aliphatic rings. The van der Waals surface area contributed by atoms with Crippen LogP contribution in [-0.4, -0.2) is 35.3 Å². The van der Waals surface area contributed by atoms with E-state index < -0.39 is 11.8 Å². The number of rotatable bonds is 6. The van der Waals surface area contributed by atoms with Crippen molar-refractivity contribution in [3.8, 4) is 0 Å². The number of hydrogen-bond acceptors (Lipinski definition) is 4. The molecule has 2 atom stereocenters. The molecule has 0 N–H and O–H groups in total. The molecule has 0 unspecified atom stereocenters. The van der Waals surface area contributed by atoms with Gasteiger partial charge in [-0.1, -0.05) is 6.08 Å². The van der Waals surface area contributed by atoms with E-state index in [0.29, 0.717) is 18.8 Å². The van der Waals surface area contributed by atoms with Crippen LogP contribution in [0.2, 0.25) is 0 Å². The summed E-state index contributed by atoms with van der Waals surface area (Å²) in [7, 11) is 1.67. The summed E-state index contributed by atoms with van der Waals surface area (Å²) in [6.07, 6.45) is 7.56. The summed E-state index contributed by atoms with van der Waals surface area (Å²) in [5.74, 6) is 0.0409. The zero-order valence-electron chi connectivity index (χ0n) is 13.9. The Morgan fingerprint density at radius 2 is 1.95 bits per heavy atom. The van der Waals surface area contributed by atoms with Crippen molar-refractivity contribution in [3.05, 3.63) is 12.7 Å². The maximum Gasteiger partial charge on any atom is 0.413 e. The molecule has 0 saturated heterocycles. The van der Waals surface area contributed by atoms with Gasteiger partial charge in [-0.2, -0.15) is 0 Å². The van der Waals surface area contributed by atoms with Crippen LogP contribution in [0.3, 0.4) is 0 Å². The van der Waals surface area contributed by atoms with Crippen molar-refractivity contribution in [2.45, 2.75) is 70.1 Å². The zero-order valence-corrected chi connectivity index (χ0v) is 13.9. The second-order valence-corrected chi connectivity index (χ2v) is 6.75. The lowest BCUT2D eigenvalue weighted by atomic mass is 10.1. The molecular formula is C17H27NO4. The highest BCUT2D eigenvalue weighted by Gasteiger charge is 2.55. The Morgan fingerprint density at radius 3 is 2.50 bits per heavy atom. The number of nitrogens with zero attached hydrogens (tertiary/aromatic N) is 1. The molecule has 0 aromatic carbocycles. The minimum absolute atomic E-state index is 0.358. The third kappa shape index (κ3) is 3.45. The Kier molecular flexibility index (Phi) is 4.83. The second kappa shape index (κ2) is 6.31. The number of carbonyl (C=O) groups excluding carboxylic acids is 2. The summed E-state index contributed by atoms with van der Waals surface area (Å²) in [5, 5.41) is 0. The van der Waals surface area contributed by atoms with E-state index in [-0.39, 0.29) is 11.6 Å². The number of allylic oxidation sites excluding steroid dienone is 1. The van der Waals surface area contributed by atoms with Crippen LogP contribution in [-0.2, 0) is 14.3 Å². The SMILES string of the molecule is C=CCC[C@H]1C[C@]1(C)OC(=O)N(C)C1(OC(C)=O)CCCC1. The molecule has 0 heterocycles. The molecular weight excluding hydrogens is 282 g/mol. The third-order valence-electron chi connectivity index (χ3n) is 5.00. The van der Waals surface area contributed by atoms with Gasteiger partial charge in [-0.05, 0) is 39.0 Å². The fourth-order valence-corrected chi connectivity index (χ4v) is 3.42. The molecule has 124 valence electrons. The molecule has 5 nitrogen and oxygen atoms in total. The van der Waals surface area contributed by atoms with E-state index in [1.807, 2.05) is 13.0 Å². The van der Waals surface area contributed by atoms with Crippen molar-refractivity contribution >= 4 is 12.1 Å². The fraction of sp³-hybridized carbons (Fsp3) is 0.765. The monoisotopic (exact) mass is 309 g/mol. The molecule has 0 aromatic rings. The predicted octanol–water partition coefficient (Wildman–Crippen LogP) is 3.63. The molecule has 0 spiro atoms. The van der Waals surface area contributed by atoms with Gasteiger partial charge in [0.05, 0.1) is 0 Å². The van der Waals surface area contributed by atoms with Gasteiger partial charge in [-0.25, -0.2) is 4.79 Å². The van der Waals surface area contributed by atoms with Gasteiger partial charge >= 0.3 is 12.1 Å². The molecule has 2 rings (SSSR count). The Hall–Kier alpha value is -1.52. The quantitative estimate of drug-likeness (QED) is 0.427. The van der Waals surface area contributed by atoms with E-state index in [4.69, 9.17) is 9.47 Å². The normalized spacial score (nSPS) is 28.8. The van der Waals surface area contributed by atoms with E-state index in [2.05, 4.69) is 6.58 Å². The molecule has 2 fully saturated rings. The van der Waals surface area contributed by atoms with E-state index in [9.17, 15) is 9.59 Å². The van der Waals surface area contributed by atoms with Crippen molar-refractivity contribution in [2.75, 3.05) is 7.05 Å².